The third kappa shape index (κ3) is 5.50. The van der Waals surface area contributed by atoms with Gasteiger partial charge in [0.15, 0.2) is 5.65 Å². The highest BCUT2D eigenvalue weighted by molar-refractivity contribution is 5.92. The number of amides is 1. The van der Waals surface area contributed by atoms with Gasteiger partial charge in [-0.25, -0.2) is 4.79 Å². The van der Waals surface area contributed by atoms with Crippen molar-refractivity contribution in [3.05, 3.63) is 77.0 Å². The predicted molar refractivity (Wildman–Crippen MR) is 141 cm³/mol. The van der Waals surface area contributed by atoms with E-state index in [9.17, 15) is 9.59 Å². The molecule has 1 aliphatic carbocycles. The van der Waals surface area contributed by atoms with Crippen molar-refractivity contribution in [3.63, 3.8) is 0 Å². The fourth-order valence-corrected chi connectivity index (χ4v) is 5.12. The quantitative estimate of drug-likeness (QED) is 0.362. The van der Waals surface area contributed by atoms with Gasteiger partial charge in [0.05, 0.1) is 12.6 Å². The lowest BCUT2D eigenvalue weighted by Crippen LogP contribution is -2.32. The molecule has 1 unspecified atom stereocenters. The largest absolute Gasteiger partial charge is 0.497 e. The summed E-state index contributed by atoms with van der Waals surface area (Å²) in [7, 11) is 1.63. The number of ether oxygens (including phenoxy) is 2. The van der Waals surface area contributed by atoms with Crippen molar-refractivity contribution < 1.29 is 14.3 Å². The third-order valence-corrected chi connectivity index (χ3v) is 7.24. The maximum atomic E-state index is 12.9. The van der Waals surface area contributed by atoms with Gasteiger partial charge in [-0.1, -0.05) is 12.1 Å². The maximum absolute atomic E-state index is 12.9. The smallest absolute Gasteiger partial charge is 0.327 e. The summed E-state index contributed by atoms with van der Waals surface area (Å²) >= 11 is 0. The van der Waals surface area contributed by atoms with Crippen LogP contribution in [-0.2, 0) is 11.4 Å². The van der Waals surface area contributed by atoms with E-state index >= 15 is 0 Å². The minimum atomic E-state index is -0.183. The van der Waals surface area contributed by atoms with Crippen LogP contribution >= 0.6 is 0 Å². The van der Waals surface area contributed by atoms with Gasteiger partial charge < -0.3 is 19.8 Å². The molecule has 192 valence electrons. The predicted octanol–water partition coefficient (Wildman–Crippen LogP) is 4.71. The molecule has 3 aromatic heterocycles. The van der Waals surface area contributed by atoms with E-state index in [0.29, 0.717) is 23.7 Å². The van der Waals surface area contributed by atoms with Crippen LogP contribution < -0.4 is 20.5 Å². The number of anilines is 1. The normalized spacial score (nSPS) is 18.3. The highest BCUT2D eigenvalue weighted by Crippen LogP contribution is 2.36. The molecule has 3 heterocycles. The number of carbonyl (C=O) groups is 1. The highest BCUT2D eigenvalue weighted by atomic mass is 16.5. The van der Waals surface area contributed by atoms with E-state index in [1.807, 2.05) is 30.3 Å². The van der Waals surface area contributed by atoms with Crippen LogP contribution in [0.5, 0.6) is 11.6 Å². The number of aromatic nitrogens is 4. The number of aromatic amines is 1. The van der Waals surface area contributed by atoms with Crippen molar-refractivity contribution in [3.8, 4) is 11.6 Å². The molecule has 1 aliphatic rings. The Kier molecular flexibility index (Phi) is 7.20. The standard InChI is InChI=1S/C28H31N5O4/c1-18(20-6-8-21(9-7-20)27(34)30-22-12-14-29-15-13-22)33-26-24(31-28(33)35)10-11-25(32-26)37-17-19-4-3-5-23(16-19)36-2/h3-5,10-16,18,20-21H,6-9,17H2,1-2H3,(H,31,35)(H,29,30,34)/t18?,20-,21-. The zero-order valence-corrected chi connectivity index (χ0v) is 21.0. The van der Waals surface area contributed by atoms with Crippen LogP contribution in [0.25, 0.3) is 11.2 Å². The molecule has 2 N–H and O–H groups in total. The lowest BCUT2D eigenvalue weighted by molar-refractivity contribution is -0.121. The molecule has 0 aliphatic heterocycles. The first kappa shape index (κ1) is 24.5. The van der Waals surface area contributed by atoms with Gasteiger partial charge >= 0.3 is 5.69 Å². The Labute approximate surface area is 214 Å². The summed E-state index contributed by atoms with van der Waals surface area (Å²) < 4.78 is 12.9. The average molecular weight is 502 g/mol. The second-order valence-corrected chi connectivity index (χ2v) is 9.54. The zero-order valence-electron chi connectivity index (χ0n) is 21.0. The Hall–Kier alpha value is -4.14. The Morgan fingerprint density at radius 3 is 2.68 bits per heavy atom. The molecule has 37 heavy (non-hydrogen) atoms. The molecule has 0 radical (unpaired) electrons. The number of methoxy groups -OCH3 is 1. The van der Waals surface area contributed by atoms with Gasteiger partial charge in [0.2, 0.25) is 11.8 Å². The molecule has 1 atom stereocenters. The van der Waals surface area contributed by atoms with Crippen molar-refractivity contribution in [2.75, 3.05) is 12.4 Å². The van der Waals surface area contributed by atoms with Gasteiger partial charge in [-0.05, 0) is 74.4 Å². The summed E-state index contributed by atoms with van der Waals surface area (Å²) in [6, 6.07) is 14.8. The molecule has 0 spiro atoms. The van der Waals surface area contributed by atoms with E-state index in [-0.39, 0.29) is 29.5 Å². The lowest BCUT2D eigenvalue weighted by atomic mass is 9.78. The number of fused-ring (bicyclic) bond motifs is 1. The number of benzene rings is 1. The summed E-state index contributed by atoms with van der Waals surface area (Å²) in [5.74, 6) is 1.49. The highest BCUT2D eigenvalue weighted by Gasteiger charge is 2.31. The number of nitrogens with zero attached hydrogens (tertiary/aromatic N) is 3. The molecule has 0 saturated heterocycles. The SMILES string of the molecule is COc1cccc(COc2ccc3[nH]c(=O)n(C(C)[C@H]4CC[C@H](C(=O)Nc5ccncc5)CC4)c3n2)c1. The number of carbonyl (C=O) groups excluding carboxylic acids is 1. The average Bonchev–Trinajstić information content (AvgIpc) is 3.27. The number of H-pyrrole nitrogens is 1. The molecule has 1 aromatic carbocycles. The van der Waals surface area contributed by atoms with E-state index in [2.05, 4.69) is 27.2 Å². The molecule has 9 nitrogen and oxygen atoms in total. The zero-order chi connectivity index (χ0) is 25.8. The maximum Gasteiger partial charge on any atom is 0.327 e. The van der Waals surface area contributed by atoms with E-state index in [1.165, 1.54) is 0 Å². The Bertz CT molecular complexity index is 1420. The number of hydrogen-bond acceptors (Lipinski definition) is 6. The monoisotopic (exact) mass is 501 g/mol. The van der Waals surface area contributed by atoms with Crippen LogP contribution in [0.15, 0.2) is 65.7 Å². The van der Waals surface area contributed by atoms with Crippen molar-refractivity contribution >= 4 is 22.8 Å². The molecule has 1 amide bonds. The Balaban J connectivity index is 1.26. The Morgan fingerprint density at radius 1 is 1.14 bits per heavy atom. The molecular formula is C28H31N5O4. The van der Waals surface area contributed by atoms with Crippen molar-refractivity contribution in [1.82, 2.24) is 19.5 Å². The van der Waals surface area contributed by atoms with Crippen molar-refractivity contribution in [2.45, 2.75) is 45.3 Å². The van der Waals surface area contributed by atoms with Crippen LogP contribution in [0.4, 0.5) is 5.69 Å². The minimum Gasteiger partial charge on any atom is -0.497 e. The second-order valence-electron chi connectivity index (χ2n) is 9.54. The van der Waals surface area contributed by atoms with Crippen LogP contribution in [0, 0.1) is 11.8 Å². The first-order valence-electron chi connectivity index (χ1n) is 12.6. The summed E-state index contributed by atoms with van der Waals surface area (Å²) in [6.07, 6.45) is 6.62. The number of hydrogen-bond donors (Lipinski definition) is 2. The van der Waals surface area contributed by atoms with E-state index < -0.39 is 0 Å². The van der Waals surface area contributed by atoms with Crippen LogP contribution in [0.1, 0.15) is 44.2 Å². The van der Waals surface area contributed by atoms with Crippen molar-refractivity contribution in [2.24, 2.45) is 11.8 Å². The molecule has 1 saturated carbocycles. The first-order valence-corrected chi connectivity index (χ1v) is 12.6. The number of rotatable bonds is 8. The lowest BCUT2D eigenvalue weighted by Gasteiger charge is -2.32. The van der Waals surface area contributed by atoms with Gasteiger partial charge in [0, 0.05) is 36.1 Å². The van der Waals surface area contributed by atoms with E-state index in [4.69, 9.17) is 9.47 Å². The Morgan fingerprint density at radius 2 is 1.92 bits per heavy atom. The number of nitrogens with one attached hydrogen (secondary N) is 2. The van der Waals surface area contributed by atoms with Gasteiger partial charge in [0.1, 0.15) is 12.4 Å². The summed E-state index contributed by atoms with van der Waals surface area (Å²) in [4.78, 5) is 37.2. The molecule has 9 heteroatoms. The van der Waals surface area contributed by atoms with E-state index in [0.717, 1.165) is 42.7 Å². The van der Waals surface area contributed by atoms with Gasteiger partial charge in [0.25, 0.3) is 0 Å². The topological polar surface area (TPSA) is 111 Å². The van der Waals surface area contributed by atoms with Crippen LogP contribution in [0.2, 0.25) is 0 Å². The molecule has 4 aromatic rings. The molecular weight excluding hydrogens is 470 g/mol. The fraction of sp³-hybridized carbons (Fsp3) is 0.357. The molecule has 0 bridgehead atoms. The van der Waals surface area contributed by atoms with Gasteiger partial charge in [-0.3, -0.25) is 14.3 Å². The second kappa shape index (κ2) is 10.9. The van der Waals surface area contributed by atoms with Crippen molar-refractivity contribution in [1.29, 1.82) is 0 Å². The third-order valence-electron chi connectivity index (χ3n) is 7.24. The first-order chi connectivity index (χ1) is 18.0. The summed E-state index contributed by atoms with van der Waals surface area (Å²) in [6.45, 7) is 2.40. The molecule has 5 rings (SSSR count). The summed E-state index contributed by atoms with van der Waals surface area (Å²) in [5.41, 5.74) is 2.80. The minimum absolute atomic E-state index is 0.0361. The fourth-order valence-electron chi connectivity index (χ4n) is 5.12. The van der Waals surface area contributed by atoms with Gasteiger partial charge in [-0.2, -0.15) is 4.98 Å². The number of pyridine rings is 2. The van der Waals surface area contributed by atoms with E-state index in [1.54, 1.807) is 42.3 Å². The number of imidazole rings is 1. The van der Waals surface area contributed by atoms with Gasteiger partial charge in [-0.15, -0.1) is 0 Å². The summed E-state index contributed by atoms with van der Waals surface area (Å²) in [5, 5.41) is 2.98. The van der Waals surface area contributed by atoms with Crippen LogP contribution in [-0.4, -0.2) is 32.5 Å². The molecule has 1 fully saturated rings. The van der Waals surface area contributed by atoms with Crippen LogP contribution in [0.3, 0.4) is 0 Å².